The van der Waals surface area contributed by atoms with Gasteiger partial charge < -0.3 is 0 Å². The van der Waals surface area contributed by atoms with E-state index in [4.69, 9.17) is 0 Å². The molecule has 0 aliphatic carbocycles. The van der Waals surface area contributed by atoms with Crippen molar-refractivity contribution in [3.05, 3.63) is 72.8 Å². The fourth-order valence-electron chi connectivity index (χ4n) is 3.35. The summed E-state index contributed by atoms with van der Waals surface area (Å²) in [5, 5.41) is 1.77. The van der Waals surface area contributed by atoms with E-state index in [1.807, 2.05) is 35.3 Å². The molecule has 0 aliphatic heterocycles. The second-order valence-corrected chi connectivity index (χ2v) is 17.9. The summed E-state index contributed by atoms with van der Waals surface area (Å²) in [5.41, 5.74) is 0. The third-order valence-electron chi connectivity index (χ3n) is 4.34. The molecule has 0 bridgehead atoms. The number of thioether (sulfide) groups is 3. The fraction of sp³-hybridized carbons (Fsp3) is 0.333. The van der Waals surface area contributed by atoms with Crippen LogP contribution in [0, 0.1) is 0 Å². The van der Waals surface area contributed by atoms with Crippen molar-refractivity contribution in [1.29, 1.82) is 0 Å². The molecule has 31 heavy (non-hydrogen) atoms. The van der Waals surface area contributed by atoms with Crippen LogP contribution in [0.1, 0.15) is 41.5 Å². The zero-order valence-corrected chi connectivity index (χ0v) is 23.7. The van der Waals surface area contributed by atoms with Gasteiger partial charge in [-0.05, 0) is 0 Å². The summed E-state index contributed by atoms with van der Waals surface area (Å²) in [5.74, 6) is 0. The van der Waals surface area contributed by atoms with Gasteiger partial charge in [-0.1, -0.05) is 0 Å². The maximum atomic E-state index is 2.45. The average Bonchev–Trinajstić information content (AvgIpc) is 2.68. The second kappa shape index (κ2) is 11.9. The molecule has 0 saturated heterocycles. The molecule has 0 aliphatic rings. The van der Waals surface area contributed by atoms with Crippen LogP contribution in [0.3, 0.4) is 0 Å². The second-order valence-electron chi connectivity index (χ2n) is 8.33. The Morgan fingerprint density at radius 3 is 1.03 bits per heavy atom. The first-order valence-corrected chi connectivity index (χ1v) is 16.4. The Bertz CT molecular complexity index is 854. The quantitative estimate of drug-likeness (QED) is 0.224. The van der Waals surface area contributed by atoms with E-state index in [-0.39, 0.29) is 0 Å². The first-order valence-electron chi connectivity index (χ1n) is 10.9. The zero-order valence-electron chi connectivity index (χ0n) is 19.3. The van der Waals surface area contributed by atoms with E-state index in [0.717, 1.165) is 0 Å². The van der Waals surface area contributed by atoms with Gasteiger partial charge in [0.15, 0.2) is 0 Å². The molecule has 0 atom stereocenters. The minimum absolute atomic E-state index is 0.590. The molecule has 0 aromatic heterocycles. The van der Waals surface area contributed by atoms with Gasteiger partial charge in [0.1, 0.15) is 0 Å². The molecule has 3 aromatic carbocycles. The van der Waals surface area contributed by atoms with Crippen LogP contribution in [0.4, 0.5) is 0 Å². The Morgan fingerprint density at radius 2 is 0.774 bits per heavy atom. The van der Waals surface area contributed by atoms with Crippen molar-refractivity contribution in [3.8, 4) is 0 Å². The first kappa shape index (κ1) is 24.9. The Labute approximate surface area is 206 Å². The molecule has 0 radical (unpaired) electrons. The minimum atomic E-state index is -1.66. The van der Waals surface area contributed by atoms with E-state index in [2.05, 4.69) is 114 Å². The Kier molecular flexibility index (Phi) is 9.59. The topological polar surface area (TPSA) is 0 Å². The van der Waals surface area contributed by atoms with E-state index < -0.39 is 14.7 Å². The third kappa shape index (κ3) is 7.67. The fourth-order valence-corrected chi connectivity index (χ4v) is 11.7. The standard InChI is InChI=1S/C27H33AsS3/c1-19(2)29-25-13-7-10-22(16-25)28(23-11-8-14-26(17-23)30-20(3)4)24-12-9-15-27(18-24)31-21(5)6/h7-21H,1-6H3. The first-order chi connectivity index (χ1) is 14.8. The predicted molar refractivity (Wildman–Crippen MR) is 147 cm³/mol. The summed E-state index contributed by atoms with van der Waals surface area (Å²) >= 11 is 4.22. The van der Waals surface area contributed by atoms with Crippen LogP contribution >= 0.6 is 35.3 Å². The predicted octanol–water partition coefficient (Wildman–Crippen LogP) is 6.70. The molecule has 0 amide bonds. The molecule has 0 saturated carbocycles. The van der Waals surface area contributed by atoms with Crippen LogP contribution in [0.25, 0.3) is 0 Å². The summed E-state index contributed by atoms with van der Waals surface area (Å²) in [6.07, 6.45) is 0. The maximum absolute atomic E-state index is 2.45. The van der Waals surface area contributed by atoms with Gasteiger partial charge in [-0.2, -0.15) is 0 Å². The molecule has 0 nitrogen and oxygen atoms in total. The number of hydrogen-bond acceptors (Lipinski definition) is 3. The molecular formula is C27H33AsS3. The van der Waals surface area contributed by atoms with Crippen LogP contribution < -0.4 is 13.1 Å². The molecule has 0 heterocycles. The van der Waals surface area contributed by atoms with Crippen LogP contribution in [-0.4, -0.2) is 30.4 Å². The van der Waals surface area contributed by atoms with Crippen LogP contribution in [0.2, 0.25) is 0 Å². The van der Waals surface area contributed by atoms with Crippen LogP contribution in [0.5, 0.6) is 0 Å². The van der Waals surface area contributed by atoms with Crippen LogP contribution in [-0.2, 0) is 0 Å². The zero-order chi connectivity index (χ0) is 22.4. The van der Waals surface area contributed by atoms with Gasteiger partial charge in [-0.15, -0.1) is 0 Å². The molecule has 0 unspecified atom stereocenters. The number of rotatable bonds is 9. The molecule has 4 heteroatoms. The van der Waals surface area contributed by atoms with Gasteiger partial charge in [-0.3, -0.25) is 0 Å². The summed E-state index contributed by atoms with van der Waals surface area (Å²) in [7, 11) is 0. The Hall–Kier alpha value is -0.732. The van der Waals surface area contributed by atoms with Gasteiger partial charge in [0.2, 0.25) is 0 Å². The third-order valence-corrected chi connectivity index (χ3v) is 12.3. The molecule has 164 valence electrons. The van der Waals surface area contributed by atoms with Crippen molar-refractivity contribution in [3.63, 3.8) is 0 Å². The van der Waals surface area contributed by atoms with Crippen molar-refractivity contribution in [2.24, 2.45) is 0 Å². The van der Waals surface area contributed by atoms with E-state index in [1.54, 1.807) is 0 Å². The van der Waals surface area contributed by atoms with Gasteiger partial charge in [0.25, 0.3) is 0 Å². The van der Waals surface area contributed by atoms with Crippen molar-refractivity contribution in [1.82, 2.24) is 0 Å². The molecule has 3 rings (SSSR count). The SMILES string of the molecule is CC(C)Sc1cccc([As](c2cccc(SC(C)C)c2)c2cccc(SC(C)C)c2)c1. The summed E-state index contributed by atoms with van der Waals surface area (Å²) in [4.78, 5) is 4.15. The van der Waals surface area contributed by atoms with E-state index >= 15 is 0 Å². The van der Waals surface area contributed by atoms with Crippen molar-refractivity contribution in [2.75, 3.05) is 0 Å². The van der Waals surface area contributed by atoms with Crippen molar-refractivity contribution < 1.29 is 0 Å². The van der Waals surface area contributed by atoms with Crippen molar-refractivity contribution >= 4 is 63.0 Å². The number of benzene rings is 3. The molecule has 0 N–H and O–H groups in total. The molecule has 0 fully saturated rings. The monoisotopic (exact) mass is 528 g/mol. The van der Waals surface area contributed by atoms with Crippen molar-refractivity contribution in [2.45, 2.75) is 72.0 Å². The molecular weight excluding hydrogens is 495 g/mol. The normalized spacial score (nSPS) is 11.8. The van der Waals surface area contributed by atoms with Gasteiger partial charge in [-0.25, -0.2) is 0 Å². The molecule has 0 spiro atoms. The van der Waals surface area contributed by atoms with Gasteiger partial charge in [0.05, 0.1) is 0 Å². The Morgan fingerprint density at radius 1 is 0.484 bits per heavy atom. The van der Waals surface area contributed by atoms with Crippen LogP contribution in [0.15, 0.2) is 87.5 Å². The summed E-state index contributed by atoms with van der Waals surface area (Å²) in [6.45, 7) is 13.6. The number of hydrogen-bond donors (Lipinski definition) is 0. The summed E-state index contributed by atoms with van der Waals surface area (Å²) < 4.78 is 4.53. The average molecular weight is 529 g/mol. The van der Waals surface area contributed by atoms with E-state index in [1.165, 1.54) is 27.7 Å². The van der Waals surface area contributed by atoms with Gasteiger partial charge in [0, 0.05) is 0 Å². The summed E-state index contributed by atoms with van der Waals surface area (Å²) in [6, 6.07) is 28.0. The van der Waals surface area contributed by atoms with E-state index in [0.29, 0.717) is 15.7 Å². The Balaban J connectivity index is 2.09. The molecule has 3 aromatic rings. The van der Waals surface area contributed by atoms with E-state index in [9.17, 15) is 0 Å². The van der Waals surface area contributed by atoms with Gasteiger partial charge >= 0.3 is 208 Å².